The summed E-state index contributed by atoms with van der Waals surface area (Å²) in [5.74, 6) is -0.457. The lowest BCUT2D eigenvalue weighted by molar-refractivity contribution is -0.159. The van der Waals surface area contributed by atoms with Crippen molar-refractivity contribution in [3.63, 3.8) is 0 Å². The quantitative estimate of drug-likeness (QED) is 0.263. The van der Waals surface area contributed by atoms with E-state index in [2.05, 4.69) is 0 Å². The lowest BCUT2D eigenvalue weighted by atomic mass is 10.0. The number of benzene rings is 3. The van der Waals surface area contributed by atoms with E-state index in [0.29, 0.717) is 17.8 Å². The molecule has 6 nitrogen and oxygen atoms in total. The number of carbonyl (C=O) groups excluding carboxylic acids is 1. The van der Waals surface area contributed by atoms with Crippen LogP contribution in [-0.2, 0) is 16.0 Å². The van der Waals surface area contributed by atoms with Gasteiger partial charge in [-0.25, -0.2) is 9.59 Å². The zero-order valence-corrected chi connectivity index (χ0v) is 21.1. The monoisotopic (exact) mass is 481 g/mol. The van der Waals surface area contributed by atoms with E-state index < -0.39 is 23.3 Å². The molecule has 4 aromatic rings. The normalized spacial score (nSPS) is 12.1. The van der Waals surface area contributed by atoms with Gasteiger partial charge in [-0.05, 0) is 33.3 Å². The molecular weight excluding hydrogens is 450 g/mol. The van der Waals surface area contributed by atoms with Crippen molar-refractivity contribution in [3.8, 4) is 0 Å². The van der Waals surface area contributed by atoms with E-state index in [9.17, 15) is 9.59 Å². The highest BCUT2D eigenvalue weighted by atomic mass is 16.6. The van der Waals surface area contributed by atoms with Gasteiger partial charge in [0.05, 0.1) is 11.4 Å². The van der Waals surface area contributed by atoms with Gasteiger partial charge in [0.25, 0.3) is 0 Å². The molecule has 184 valence electrons. The van der Waals surface area contributed by atoms with Gasteiger partial charge in [-0.15, -0.1) is 0 Å². The Kier molecular flexibility index (Phi) is 7.34. The standard InChI is InChI=1S/C30H31N3O3/c1-22-21-32(26(28(34)36-30(2,3)4)20-23-14-8-5-9-15-23)29(35)33(22)31-27(24-16-10-6-11-17-24)25-18-12-7-13-19-25/h5-19,21,26H,20H2,1-4H3/t26-/m0/s1. The van der Waals surface area contributed by atoms with Crippen LogP contribution in [0.1, 0.15) is 49.2 Å². The van der Waals surface area contributed by atoms with Crippen LogP contribution in [-0.4, -0.2) is 26.5 Å². The van der Waals surface area contributed by atoms with Gasteiger partial charge < -0.3 is 4.74 Å². The molecule has 1 atom stereocenters. The summed E-state index contributed by atoms with van der Waals surface area (Å²) in [7, 11) is 0. The third-order valence-corrected chi connectivity index (χ3v) is 5.64. The Balaban J connectivity index is 1.82. The highest BCUT2D eigenvalue weighted by Gasteiger charge is 2.29. The largest absolute Gasteiger partial charge is 0.458 e. The number of esters is 1. The first-order valence-corrected chi connectivity index (χ1v) is 12.0. The van der Waals surface area contributed by atoms with E-state index >= 15 is 0 Å². The number of hydrogen-bond donors (Lipinski definition) is 0. The number of rotatable bonds is 7. The summed E-state index contributed by atoms with van der Waals surface area (Å²) in [6.07, 6.45) is 2.00. The number of imidazole rings is 1. The summed E-state index contributed by atoms with van der Waals surface area (Å²) in [4.78, 5) is 27.0. The van der Waals surface area contributed by atoms with Crippen molar-refractivity contribution in [2.75, 3.05) is 0 Å². The van der Waals surface area contributed by atoms with Crippen LogP contribution in [0.15, 0.2) is 107 Å². The Bertz CT molecular complexity index is 1360. The van der Waals surface area contributed by atoms with Gasteiger partial charge in [0.15, 0.2) is 0 Å². The molecular formula is C30H31N3O3. The minimum atomic E-state index is -0.828. The molecule has 0 radical (unpaired) electrons. The Morgan fingerprint density at radius 1 is 0.861 bits per heavy atom. The average Bonchev–Trinajstić information content (AvgIpc) is 3.14. The minimum Gasteiger partial charge on any atom is -0.458 e. The zero-order valence-electron chi connectivity index (χ0n) is 21.1. The van der Waals surface area contributed by atoms with Crippen LogP contribution >= 0.6 is 0 Å². The van der Waals surface area contributed by atoms with Crippen LogP contribution in [0.5, 0.6) is 0 Å². The Labute approximate surface area is 211 Å². The second-order valence-electron chi connectivity index (χ2n) is 9.69. The molecule has 0 unspecified atom stereocenters. The Morgan fingerprint density at radius 2 is 1.36 bits per heavy atom. The molecule has 0 bridgehead atoms. The van der Waals surface area contributed by atoms with Crippen molar-refractivity contribution in [2.45, 2.75) is 45.8 Å². The molecule has 0 saturated heterocycles. The molecule has 0 fully saturated rings. The molecule has 3 aromatic carbocycles. The van der Waals surface area contributed by atoms with Crippen LogP contribution in [0.4, 0.5) is 0 Å². The highest BCUT2D eigenvalue weighted by molar-refractivity contribution is 6.12. The Hall–Kier alpha value is -4.19. The van der Waals surface area contributed by atoms with E-state index in [0.717, 1.165) is 16.7 Å². The van der Waals surface area contributed by atoms with Crippen molar-refractivity contribution in [3.05, 3.63) is 130 Å². The maximum atomic E-state index is 13.7. The molecule has 0 N–H and O–H groups in total. The SMILES string of the molecule is Cc1cn([C@@H](Cc2ccccc2)C(=O)OC(C)(C)C)c(=O)n1N=C(c1ccccc1)c1ccccc1. The fourth-order valence-electron chi connectivity index (χ4n) is 3.99. The van der Waals surface area contributed by atoms with Crippen LogP contribution in [0.25, 0.3) is 0 Å². The van der Waals surface area contributed by atoms with Crippen LogP contribution in [0.2, 0.25) is 0 Å². The van der Waals surface area contributed by atoms with Gasteiger partial charge in [0, 0.05) is 23.7 Å². The van der Waals surface area contributed by atoms with Crippen molar-refractivity contribution in [1.82, 2.24) is 9.24 Å². The number of nitrogens with zero attached hydrogens (tertiary/aromatic N) is 3. The Morgan fingerprint density at radius 3 is 1.86 bits per heavy atom. The molecule has 1 heterocycles. The summed E-state index contributed by atoms with van der Waals surface area (Å²) in [6.45, 7) is 7.27. The fourth-order valence-corrected chi connectivity index (χ4v) is 3.99. The van der Waals surface area contributed by atoms with Crippen LogP contribution in [0, 0.1) is 6.92 Å². The maximum absolute atomic E-state index is 13.7. The predicted molar refractivity (Wildman–Crippen MR) is 142 cm³/mol. The van der Waals surface area contributed by atoms with E-state index in [1.807, 2.05) is 119 Å². The molecule has 4 rings (SSSR count). The molecule has 0 amide bonds. The second kappa shape index (κ2) is 10.6. The zero-order chi connectivity index (χ0) is 25.7. The smallest absolute Gasteiger partial charge is 0.349 e. The second-order valence-corrected chi connectivity index (χ2v) is 9.69. The number of aromatic nitrogens is 2. The van der Waals surface area contributed by atoms with Gasteiger partial charge in [0.2, 0.25) is 0 Å². The van der Waals surface area contributed by atoms with Gasteiger partial charge in [-0.3, -0.25) is 4.57 Å². The van der Waals surface area contributed by atoms with Crippen LogP contribution in [0.3, 0.4) is 0 Å². The molecule has 0 saturated carbocycles. The first-order valence-electron chi connectivity index (χ1n) is 12.0. The van der Waals surface area contributed by atoms with E-state index in [4.69, 9.17) is 9.84 Å². The molecule has 6 heteroatoms. The lowest BCUT2D eigenvalue weighted by Crippen LogP contribution is -2.36. The van der Waals surface area contributed by atoms with E-state index in [1.165, 1.54) is 9.24 Å². The van der Waals surface area contributed by atoms with E-state index in [1.54, 1.807) is 6.20 Å². The number of carbonyl (C=O) groups is 1. The fraction of sp³-hybridized carbons (Fsp3) is 0.233. The molecule has 1 aromatic heterocycles. The lowest BCUT2D eigenvalue weighted by Gasteiger charge is -2.24. The summed E-state index contributed by atoms with van der Waals surface area (Å²) in [5, 5.41) is 4.79. The summed E-state index contributed by atoms with van der Waals surface area (Å²) in [6, 6.07) is 28.3. The molecule has 36 heavy (non-hydrogen) atoms. The van der Waals surface area contributed by atoms with Gasteiger partial charge in [0.1, 0.15) is 11.6 Å². The minimum absolute atomic E-state index is 0.326. The molecule has 0 aliphatic rings. The van der Waals surface area contributed by atoms with E-state index in [-0.39, 0.29) is 0 Å². The third kappa shape index (κ3) is 5.89. The molecule has 0 spiro atoms. The average molecular weight is 482 g/mol. The molecule has 0 aliphatic heterocycles. The van der Waals surface area contributed by atoms with Gasteiger partial charge in [-0.2, -0.15) is 9.78 Å². The van der Waals surface area contributed by atoms with Crippen LogP contribution < -0.4 is 5.69 Å². The third-order valence-electron chi connectivity index (χ3n) is 5.64. The predicted octanol–water partition coefficient (Wildman–Crippen LogP) is 5.38. The van der Waals surface area contributed by atoms with Crippen molar-refractivity contribution >= 4 is 11.7 Å². The molecule has 0 aliphatic carbocycles. The van der Waals surface area contributed by atoms with Gasteiger partial charge in [-0.1, -0.05) is 91.0 Å². The summed E-state index contributed by atoms with van der Waals surface area (Å²) in [5.41, 5.74) is 2.90. The first-order chi connectivity index (χ1) is 17.2. The number of aryl methyl sites for hydroxylation is 1. The topological polar surface area (TPSA) is 65.6 Å². The van der Waals surface area contributed by atoms with Crippen molar-refractivity contribution < 1.29 is 9.53 Å². The highest BCUT2D eigenvalue weighted by Crippen LogP contribution is 2.20. The number of ether oxygens (including phenoxy) is 1. The van der Waals surface area contributed by atoms with Crippen molar-refractivity contribution in [1.29, 1.82) is 0 Å². The first kappa shape index (κ1) is 24.9. The maximum Gasteiger partial charge on any atom is 0.349 e. The van der Waals surface area contributed by atoms with Gasteiger partial charge >= 0.3 is 11.7 Å². The summed E-state index contributed by atoms with van der Waals surface area (Å²) >= 11 is 0. The van der Waals surface area contributed by atoms with Crippen molar-refractivity contribution in [2.24, 2.45) is 5.10 Å². The number of hydrogen-bond acceptors (Lipinski definition) is 4. The summed E-state index contributed by atoms with van der Waals surface area (Å²) < 4.78 is 8.50.